The van der Waals surface area contributed by atoms with Crippen LogP contribution in [0.25, 0.3) is 0 Å². The van der Waals surface area contributed by atoms with Gasteiger partial charge in [0.25, 0.3) is 0 Å². The summed E-state index contributed by atoms with van der Waals surface area (Å²) in [5.41, 5.74) is 8.83. The molecule has 0 unspecified atom stereocenters. The van der Waals surface area contributed by atoms with E-state index in [0.29, 0.717) is 16.9 Å². The normalized spacial score (nSPS) is 56.2. The summed E-state index contributed by atoms with van der Waals surface area (Å²) >= 11 is 0. The van der Waals surface area contributed by atoms with Crippen LogP contribution in [-0.2, 0) is 0 Å². The Bertz CT molecular complexity index is 472. The number of nitrogens with two attached hydrogens (primary N) is 1. The van der Waals surface area contributed by atoms with E-state index in [0.717, 1.165) is 30.6 Å². The van der Waals surface area contributed by atoms with Crippen LogP contribution in [0.4, 0.5) is 0 Å². The zero-order valence-corrected chi connectivity index (χ0v) is 13.6. The lowest BCUT2D eigenvalue weighted by molar-refractivity contribution is -0.0401. The summed E-state index contributed by atoms with van der Waals surface area (Å²) < 4.78 is 0. The Balaban J connectivity index is 1.68. The molecule has 0 aromatic rings. The number of rotatable bonds is 0. The molecular formula is C19H31NO. The SMILES string of the molecule is C[C@]12CC[C@H]3[C@@H](CC=C4C[C@@H](O)CC[C@@]43C)[C@@H]1CC[C@H]2N. The van der Waals surface area contributed by atoms with Gasteiger partial charge in [-0.1, -0.05) is 25.5 Å². The van der Waals surface area contributed by atoms with E-state index in [-0.39, 0.29) is 6.10 Å². The lowest BCUT2D eigenvalue weighted by Crippen LogP contribution is -2.52. The molecule has 0 heterocycles. The van der Waals surface area contributed by atoms with Gasteiger partial charge in [-0.05, 0) is 80.0 Å². The fourth-order valence-corrected chi connectivity index (χ4v) is 6.68. The Morgan fingerprint density at radius 2 is 1.90 bits per heavy atom. The standard InChI is InChI=1S/C19H31NO/c1-18-9-7-13(21)11-12(18)3-4-14-15-5-6-17(20)19(15,2)10-8-16(14)18/h3,13-17,21H,4-11,20H2,1-2H3/t13-,14-,15-,16-,17+,18-,19-/m0/s1. The fourth-order valence-electron chi connectivity index (χ4n) is 6.68. The summed E-state index contributed by atoms with van der Waals surface area (Å²) in [4.78, 5) is 0. The van der Waals surface area contributed by atoms with Crippen molar-refractivity contribution in [3.8, 4) is 0 Å². The van der Waals surface area contributed by atoms with Gasteiger partial charge >= 0.3 is 0 Å². The van der Waals surface area contributed by atoms with Crippen LogP contribution in [-0.4, -0.2) is 17.3 Å². The second-order valence-corrected chi connectivity index (χ2v) is 8.88. The maximum atomic E-state index is 10.0. The van der Waals surface area contributed by atoms with E-state index < -0.39 is 0 Å². The molecule has 118 valence electrons. The molecule has 7 atom stereocenters. The average molecular weight is 289 g/mol. The third-order valence-corrected chi connectivity index (χ3v) is 8.15. The first kappa shape index (κ1) is 14.3. The molecule has 4 aliphatic rings. The molecule has 3 saturated carbocycles. The molecule has 3 fully saturated rings. The number of hydrogen-bond donors (Lipinski definition) is 2. The van der Waals surface area contributed by atoms with Crippen molar-refractivity contribution < 1.29 is 5.11 Å². The molecule has 0 aromatic carbocycles. The van der Waals surface area contributed by atoms with E-state index in [2.05, 4.69) is 19.9 Å². The molecule has 0 radical (unpaired) electrons. The summed E-state index contributed by atoms with van der Waals surface area (Å²) in [5.74, 6) is 2.53. The van der Waals surface area contributed by atoms with Crippen molar-refractivity contribution in [3.63, 3.8) is 0 Å². The van der Waals surface area contributed by atoms with Gasteiger partial charge in [0.1, 0.15) is 0 Å². The van der Waals surface area contributed by atoms with Gasteiger partial charge in [-0.3, -0.25) is 0 Å². The second-order valence-electron chi connectivity index (χ2n) is 8.88. The predicted octanol–water partition coefficient (Wildman–Crippen LogP) is 3.64. The number of aliphatic hydroxyl groups excluding tert-OH is 1. The zero-order chi connectivity index (χ0) is 14.8. The van der Waals surface area contributed by atoms with Gasteiger partial charge in [-0.25, -0.2) is 0 Å². The minimum Gasteiger partial charge on any atom is -0.393 e. The second kappa shape index (κ2) is 4.58. The number of hydrogen-bond acceptors (Lipinski definition) is 2. The third-order valence-electron chi connectivity index (χ3n) is 8.15. The minimum absolute atomic E-state index is 0.0883. The first-order valence-corrected chi connectivity index (χ1v) is 9.08. The lowest BCUT2D eigenvalue weighted by atomic mass is 9.48. The van der Waals surface area contributed by atoms with Crippen molar-refractivity contribution in [2.24, 2.45) is 34.3 Å². The zero-order valence-electron chi connectivity index (χ0n) is 13.6. The number of allylic oxidation sites excluding steroid dienone is 1. The maximum absolute atomic E-state index is 10.0. The van der Waals surface area contributed by atoms with E-state index in [1.54, 1.807) is 5.57 Å². The molecule has 21 heavy (non-hydrogen) atoms. The highest BCUT2D eigenvalue weighted by molar-refractivity contribution is 5.25. The highest BCUT2D eigenvalue weighted by atomic mass is 16.3. The Morgan fingerprint density at radius 1 is 1.10 bits per heavy atom. The fraction of sp³-hybridized carbons (Fsp3) is 0.895. The summed E-state index contributed by atoms with van der Waals surface area (Å²) in [6.45, 7) is 4.97. The molecule has 0 aromatic heterocycles. The van der Waals surface area contributed by atoms with Crippen LogP contribution in [0.2, 0.25) is 0 Å². The highest BCUT2D eigenvalue weighted by Gasteiger charge is 2.57. The summed E-state index contributed by atoms with van der Waals surface area (Å²) in [6.07, 6.45) is 12.1. The van der Waals surface area contributed by atoms with Gasteiger partial charge in [-0.2, -0.15) is 0 Å². The summed E-state index contributed by atoms with van der Waals surface area (Å²) in [5, 5.41) is 10.0. The van der Waals surface area contributed by atoms with Crippen molar-refractivity contribution >= 4 is 0 Å². The van der Waals surface area contributed by atoms with Crippen molar-refractivity contribution in [1.29, 1.82) is 0 Å². The first-order valence-electron chi connectivity index (χ1n) is 9.08. The van der Waals surface area contributed by atoms with E-state index >= 15 is 0 Å². The Labute approximate surface area is 129 Å². The molecular weight excluding hydrogens is 258 g/mol. The molecule has 4 aliphatic carbocycles. The Kier molecular flexibility index (Phi) is 3.11. The molecule has 0 saturated heterocycles. The van der Waals surface area contributed by atoms with Crippen LogP contribution < -0.4 is 5.73 Å². The minimum atomic E-state index is -0.0883. The van der Waals surface area contributed by atoms with Crippen molar-refractivity contribution in [3.05, 3.63) is 11.6 Å². The van der Waals surface area contributed by atoms with Crippen LogP contribution in [0.1, 0.15) is 65.2 Å². The van der Waals surface area contributed by atoms with Crippen LogP contribution in [0.15, 0.2) is 11.6 Å². The molecule has 2 heteroatoms. The number of fused-ring (bicyclic) bond motifs is 5. The van der Waals surface area contributed by atoms with Crippen LogP contribution in [0.5, 0.6) is 0 Å². The molecule has 4 rings (SSSR count). The van der Waals surface area contributed by atoms with Gasteiger partial charge in [0.05, 0.1) is 6.10 Å². The quantitative estimate of drug-likeness (QED) is 0.669. The molecule has 0 bridgehead atoms. The van der Waals surface area contributed by atoms with Gasteiger partial charge in [0, 0.05) is 6.04 Å². The highest BCUT2D eigenvalue weighted by Crippen LogP contribution is 2.64. The lowest BCUT2D eigenvalue weighted by Gasteiger charge is -2.57. The molecule has 0 aliphatic heterocycles. The van der Waals surface area contributed by atoms with E-state index in [4.69, 9.17) is 5.73 Å². The van der Waals surface area contributed by atoms with E-state index in [9.17, 15) is 5.11 Å². The molecule has 0 amide bonds. The van der Waals surface area contributed by atoms with E-state index in [1.807, 2.05) is 0 Å². The van der Waals surface area contributed by atoms with Gasteiger partial charge < -0.3 is 10.8 Å². The Morgan fingerprint density at radius 3 is 2.71 bits per heavy atom. The van der Waals surface area contributed by atoms with Crippen molar-refractivity contribution in [2.75, 3.05) is 0 Å². The summed E-state index contributed by atoms with van der Waals surface area (Å²) in [6, 6.07) is 0.426. The topological polar surface area (TPSA) is 46.2 Å². The summed E-state index contributed by atoms with van der Waals surface area (Å²) in [7, 11) is 0. The first-order chi connectivity index (χ1) is 9.95. The van der Waals surface area contributed by atoms with E-state index in [1.165, 1.54) is 38.5 Å². The van der Waals surface area contributed by atoms with Crippen molar-refractivity contribution in [2.45, 2.75) is 77.4 Å². The monoisotopic (exact) mass is 289 g/mol. The molecule has 3 N–H and O–H groups in total. The van der Waals surface area contributed by atoms with Crippen molar-refractivity contribution in [1.82, 2.24) is 0 Å². The molecule has 2 nitrogen and oxygen atoms in total. The largest absolute Gasteiger partial charge is 0.393 e. The number of aliphatic hydroxyl groups is 1. The van der Waals surface area contributed by atoms with Gasteiger partial charge in [0.15, 0.2) is 0 Å². The van der Waals surface area contributed by atoms with Crippen LogP contribution in [0, 0.1) is 28.6 Å². The predicted molar refractivity (Wildman–Crippen MR) is 85.7 cm³/mol. The maximum Gasteiger partial charge on any atom is 0.0577 e. The van der Waals surface area contributed by atoms with Crippen LogP contribution in [0.3, 0.4) is 0 Å². The van der Waals surface area contributed by atoms with Gasteiger partial charge in [-0.15, -0.1) is 0 Å². The Hall–Kier alpha value is -0.340. The molecule has 0 spiro atoms. The van der Waals surface area contributed by atoms with Crippen LogP contribution >= 0.6 is 0 Å². The third kappa shape index (κ3) is 1.84. The van der Waals surface area contributed by atoms with Gasteiger partial charge in [0.2, 0.25) is 0 Å². The average Bonchev–Trinajstić information content (AvgIpc) is 2.76. The smallest absolute Gasteiger partial charge is 0.0577 e.